The second-order valence-corrected chi connectivity index (χ2v) is 2.75. The number of nitrogens with zero attached hydrogens (tertiary/aromatic N) is 3. The molecular weight excluding hydrogens is 186 g/mol. The van der Waals surface area contributed by atoms with Crippen LogP contribution in [0, 0.1) is 0 Å². The molecule has 0 aliphatic rings. The van der Waals surface area contributed by atoms with Crippen LogP contribution >= 0.6 is 0 Å². The number of aliphatic hydroxyl groups is 1. The highest BCUT2D eigenvalue weighted by Crippen LogP contribution is 2.10. The number of aromatic carboxylic acids is 1. The number of hydrogen-bond acceptors (Lipinski definition) is 4. The van der Waals surface area contributed by atoms with Crippen LogP contribution < -0.4 is 0 Å². The van der Waals surface area contributed by atoms with Gasteiger partial charge >= 0.3 is 5.97 Å². The number of rotatable bonds is 2. The number of hydrogen-bond donors (Lipinski definition) is 2. The minimum atomic E-state index is -1.06. The maximum Gasteiger partial charge on any atom is 0.337 e. The molecule has 0 radical (unpaired) electrons. The number of aliphatic hydroxyl groups excluding tert-OH is 1. The lowest BCUT2D eigenvalue weighted by atomic mass is 10.2. The van der Waals surface area contributed by atoms with Crippen molar-refractivity contribution in [3.05, 3.63) is 29.7 Å². The van der Waals surface area contributed by atoms with E-state index in [9.17, 15) is 4.79 Å². The van der Waals surface area contributed by atoms with Gasteiger partial charge in [-0.3, -0.25) is 0 Å². The molecule has 0 saturated heterocycles. The van der Waals surface area contributed by atoms with Gasteiger partial charge < -0.3 is 10.2 Å². The van der Waals surface area contributed by atoms with E-state index < -0.39 is 5.97 Å². The molecule has 0 unspecified atom stereocenters. The molecule has 0 aromatic carbocycles. The Bertz CT molecular complexity index is 492. The number of carboxylic acids is 1. The van der Waals surface area contributed by atoms with Gasteiger partial charge in [-0.05, 0) is 6.07 Å². The van der Waals surface area contributed by atoms with Crippen LogP contribution in [-0.4, -0.2) is 30.8 Å². The van der Waals surface area contributed by atoms with Gasteiger partial charge in [0.15, 0.2) is 5.65 Å². The summed E-state index contributed by atoms with van der Waals surface area (Å²) in [5.41, 5.74) is 0.993. The Balaban J connectivity index is 2.73. The molecule has 2 aromatic heterocycles. The predicted molar refractivity (Wildman–Crippen MR) is 45.9 cm³/mol. The second kappa shape index (κ2) is 3.08. The van der Waals surface area contributed by atoms with Gasteiger partial charge in [0.2, 0.25) is 0 Å². The number of fused-ring (bicyclic) bond motifs is 1. The minimum absolute atomic E-state index is 0.0760. The highest BCUT2D eigenvalue weighted by molar-refractivity contribution is 5.88. The van der Waals surface area contributed by atoms with Crippen LogP contribution in [0.25, 0.3) is 5.65 Å². The minimum Gasteiger partial charge on any atom is -0.478 e. The van der Waals surface area contributed by atoms with Crippen LogP contribution in [0.2, 0.25) is 0 Å². The van der Waals surface area contributed by atoms with Crippen LogP contribution in [0.5, 0.6) is 0 Å². The average molecular weight is 193 g/mol. The lowest BCUT2D eigenvalue weighted by Crippen LogP contribution is -2.03. The standard InChI is InChI=1S/C8H7N3O3/c12-3-6-1-5(8(13)14)2-11-7(6)9-4-10-11/h1-2,4,12H,3H2,(H,13,14). The summed E-state index contributed by atoms with van der Waals surface area (Å²) in [4.78, 5) is 14.6. The number of aromatic nitrogens is 3. The van der Waals surface area contributed by atoms with Gasteiger partial charge in [-0.15, -0.1) is 0 Å². The van der Waals surface area contributed by atoms with Crippen molar-refractivity contribution >= 4 is 11.6 Å². The van der Waals surface area contributed by atoms with Gasteiger partial charge in [0, 0.05) is 11.8 Å². The first-order chi connectivity index (χ1) is 6.72. The van der Waals surface area contributed by atoms with Crippen molar-refractivity contribution in [1.29, 1.82) is 0 Å². The van der Waals surface area contributed by atoms with E-state index in [0.29, 0.717) is 11.2 Å². The van der Waals surface area contributed by atoms with Crippen molar-refractivity contribution in [2.75, 3.05) is 0 Å². The van der Waals surface area contributed by atoms with E-state index in [1.54, 1.807) is 0 Å². The molecular formula is C8H7N3O3. The Hall–Kier alpha value is -1.95. The molecule has 0 aliphatic carbocycles. The van der Waals surface area contributed by atoms with Gasteiger partial charge in [0.1, 0.15) is 6.33 Å². The molecule has 72 valence electrons. The quantitative estimate of drug-likeness (QED) is 0.696. The maximum atomic E-state index is 10.7. The first kappa shape index (κ1) is 8.64. The second-order valence-electron chi connectivity index (χ2n) is 2.75. The summed E-state index contributed by atoms with van der Waals surface area (Å²) in [5.74, 6) is -1.06. The highest BCUT2D eigenvalue weighted by Gasteiger charge is 2.09. The molecule has 0 saturated carbocycles. The molecule has 0 atom stereocenters. The van der Waals surface area contributed by atoms with Gasteiger partial charge in [-0.1, -0.05) is 0 Å². The van der Waals surface area contributed by atoms with Crippen molar-refractivity contribution in [2.24, 2.45) is 0 Å². The number of pyridine rings is 1. The summed E-state index contributed by atoms with van der Waals surface area (Å²) in [7, 11) is 0. The van der Waals surface area contributed by atoms with E-state index in [1.165, 1.54) is 23.1 Å². The summed E-state index contributed by atoms with van der Waals surface area (Å²) in [5, 5.41) is 21.5. The van der Waals surface area contributed by atoms with Crippen LogP contribution in [0.15, 0.2) is 18.6 Å². The molecule has 0 spiro atoms. The molecule has 2 N–H and O–H groups in total. The van der Waals surface area contributed by atoms with E-state index in [-0.39, 0.29) is 12.2 Å². The molecule has 0 aliphatic heterocycles. The van der Waals surface area contributed by atoms with Crippen molar-refractivity contribution in [3.8, 4) is 0 Å². The van der Waals surface area contributed by atoms with E-state index in [0.717, 1.165) is 0 Å². The summed E-state index contributed by atoms with van der Waals surface area (Å²) >= 11 is 0. The van der Waals surface area contributed by atoms with Gasteiger partial charge in [0.25, 0.3) is 0 Å². The van der Waals surface area contributed by atoms with E-state index >= 15 is 0 Å². The summed E-state index contributed by atoms with van der Waals surface area (Å²) in [6, 6.07) is 1.38. The Kier molecular flexibility index (Phi) is 1.90. The van der Waals surface area contributed by atoms with E-state index in [4.69, 9.17) is 10.2 Å². The molecule has 0 fully saturated rings. The van der Waals surface area contributed by atoms with Gasteiger partial charge in [-0.2, -0.15) is 5.10 Å². The lowest BCUT2D eigenvalue weighted by Gasteiger charge is -2.01. The van der Waals surface area contributed by atoms with Gasteiger partial charge in [0.05, 0.1) is 12.2 Å². The zero-order chi connectivity index (χ0) is 10.1. The Labute approximate surface area is 78.4 Å². The fraction of sp³-hybridized carbons (Fsp3) is 0.125. The van der Waals surface area contributed by atoms with Crippen LogP contribution in [0.3, 0.4) is 0 Å². The number of carbonyl (C=O) groups is 1. The van der Waals surface area contributed by atoms with Gasteiger partial charge in [-0.25, -0.2) is 14.3 Å². The first-order valence-corrected chi connectivity index (χ1v) is 3.89. The van der Waals surface area contributed by atoms with E-state index in [2.05, 4.69) is 10.1 Å². The molecule has 6 heteroatoms. The van der Waals surface area contributed by atoms with Crippen molar-refractivity contribution in [1.82, 2.24) is 14.6 Å². The number of carboxylic acid groups (broad SMARTS) is 1. The SMILES string of the molecule is O=C(O)c1cc(CO)c2ncnn2c1. The smallest absolute Gasteiger partial charge is 0.337 e. The predicted octanol–water partition coefficient (Wildman–Crippen LogP) is -0.0802. The molecule has 6 nitrogen and oxygen atoms in total. The zero-order valence-corrected chi connectivity index (χ0v) is 7.08. The largest absolute Gasteiger partial charge is 0.478 e. The Morgan fingerprint density at radius 1 is 1.57 bits per heavy atom. The fourth-order valence-electron chi connectivity index (χ4n) is 1.23. The third-order valence-corrected chi connectivity index (χ3v) is 1.87. The van der Waals surface area contributed by atoms with Crippen LogP contribution in [0.4, 0.5) is 0 Å². The van der Waals surface area contributed by atoms with Crippen molar-refractivity contribution < 1.29 is 15.0 Å². The Morgan fingerprint density at radius 2 is 2.36 bits per heavy atom. The molecule has 0 amide bonds. The monoisotopic (exact) mass is 193 g/mol. The van der Waals surface area contributed by atoms with E-state index in [1.807, 2.05) is 0 Å². The molecule has 2 rings (SSSR count). The zero-order valence-electron chi connectivity index (χ0n) is 7.08. The van der Waals surface area contributed by atoms with Crippen LogP contribution in [-0.2, 0) is 6.61 Å². The molecule has 2 heterocycles. The average Bonchev–Trinajstić information content (AvgIpc) is 2.63. The molecule has 0 bridgehead atoms. The molecule has 2 aromatic rings. The normalized spacial score (nSPS) is 10.6. The summed E-state index contributed by atoms with van der Waals surface area (Å²) < 4.78 is 1.33. The summed E-state index contributed by atoms with van der Waals surface area (Å²) in [6.45, 7) is -0.261. The van der Waals surface area contributed by atoms with Crippen molar-refractivity contribution in [2.45, 2.75) is 6.61 Å². The third-order valence-electron chi connectivity index (χ3n) is 1.87. The van der Waals surface area contributed by atoms with Crippen molar-refractivity contribution in [3.63, 3.8) is 0 Å². The van der Waals surface area contributed by atoms with Crippen LogP contribution in [0.1, 0.15) is 15.9 Å². The fourth-order valence-corrected chi connectivity index (χ4v) is 1.23. The maximum absolute atomic E-state index is 10.7. The first-order valence-electron chi connectivity index (χ1n) is 3.89. The molecule has 14 heavy (non-hydrogen) atoms. The Morgan fingerprint density at radius 3 is 3.00 bits per heavy atom. The lowest BCUT2D eigenvalue weighted by molar-refractivity contribution is 0.0696. The third kappa shape index (κ3) is 1.21. The topological polar surface area (TPSA) is 87.7 Å². The highest BCUT2D eigenvalue weighted by atomic mass is 16.4. The summed E-state index contributed by atoms with van der Waals surface area (Å²) in [6.07, 6.45) is 2.66.